The molecule has 0 fully saturated rings. The summed E-state index contributed by atoms with van der Waals surface area (Å²) in [6, 6.07) is 7.39. The first kappa shape index (κ1) is 13.6. The van der Waals surface area contributed by atoms with E-state index in [1.807, 2.05) is 0 Å². The van der Waals surface area contributed by atoms with E-state index in [4.69, 9.17) is 15.3 Å². The van der Waals surface area contributed by atoms with Crippen LogP contribution in [0.15, 0.2) is 29.8 Å². The van der Waals surface area contributed by atoms with Gasteiger partial charge < -0.3 is 4.74 Å². The quantitative estimate of drug-likeness (QED) is 0.600. The summed E-state index contributed by atoms with van der Waals surface area (Å²) in [7, 11) is 1.18. The number of rotatable bonds is 2. The summed E-state index contributed by atoms with van der Waals surface area (Å²) in [6.07, 6.45) is -4.49. The monoisotopic (exact) mass is 252 g/mol. The van der Waals surface area contributed by atoms with E-state index in [1.54, 1.807) is 12.1 Å². The van der Waals surface area contributed by atoms with Gasteiger partial charge in [-0.15, -0.1) is 0 Å². The van der Waals surface area contributed by atoms with Crippen molar-refractivity contribution in [3.05, 3.63) is 41.0 Å². The zero-order valence-corrected chi connectivity index (χ0v) is 9.25. The predicted molar refractivity (Wildman–Crippen MR) is 56.6 cm³/mol. The number of hydrogen-bond acceptors (Lipinski definition) is 3. The average Bonchev–Trinajstić information content (AvgIpc) is 2.35. The van der Waals surface area contributed by atoms with E-state index in [-0.39, 0.29) is 16.9 Å². The molecule has 0 aliphatic heterocycles. The van der Waals surface area contributed by atoms with E-state index in [9.17, 15) is 13.2 Å². The van der Waals surface area contributed by atoms with Gasteiger partial charge >= 0.3 is 6.18 Å². The van der Waals surface area contributed by atoms with Crippen LogP contribution in [0, 0.1) is 22.7 Å². The number of benzene rings is 1. The molecule has 0 N–H and O–H groups in total. The van der Waals surface area contributed by atoms with Crippen molar-refractivity contribution < 1.29 is 17.9 Å². The lowest BCUT2D eigenvalue weighted by atomic mass is 10.1. The molecule has 1 aromatic rings. The number of alkyl halides is 3. The molecule has 0 saturated carbocycles. The van der Waals surface area contributed by atoms with Crippen molar-refractivity contribution in [3.63, 3.8) is 0 Å². The minimum atomic E-state index is -4.49. The summed E-state index contributed by atoms with van der Waals surface area (Å²) >= 11 is 0. The van der Waals surface area contributed by atoms with Gasteiger partial charge in [-0.1, -0.05) is 12.1 Å². The molecule has 0 amide bonds. The van der Waals surface area contributed by atoms with Crippen molar-refractivity contribution in [2.75, 3.05) is 7.11 Å². The molecule has 0 spiro atoms. The third-order valence-electron chi connectivity index (χ3n) is 2.11. The van der Waals surface area contributed by atoms with Crippen LogP contribution in [0.25, 0.3) is 5.76 Å². The summed E-state index contributed by atoms with van der Waals surface area (Å²) < 4.78 is 42.4. The van der Waals surface area contributed by atoms with Crippen molar-refractivity contribution in [1.82, 2.24) is 0 Å². The number of halogens is 3. The highest BCUT2D eigenvalue weighted by molar-refractivity contribution is 5.70. The number of allylic oxidation sites excluding steroid dienone is 1. The third-order valence-corrected chi connectivity index (χ3v) is 2.11. The average molecular weight is 252 g/mol. The van der Waals surface area contributed by atoms with E-state index in [2.05, 4.69) is 0 Å². The summed E-state index contributed by atoms with van der Waals surface area (Å²) in [5.41, 5.74) is -1.22. The van der Waals surface area contributed by atoms with Gasteiger partial charge in [-0.05, 0) is 12.1 Å². The minimum absolute atomic E-state index is 0.0328. The molecule has 0 radical (unpaired) electrons. The molecular weight excluding hydrogens is 245 g/mol. The molecule has 0 saturated heterocycles. The van der Waals surface area contributed by atoms with Crippen LogP contribution in [-0.4, -0.2) is 7.11 Å². The van der Waals surface area contributed by atoms with Gasteiger partial charge in [-0.3, -0.25) is 0 Å². The van der Waals surface area contributed by atoms with Gasteiger partial charge in [0.25, 0.3) is 0 Å². The maximum Gasteiger partial charge on any atom is 0.416 e. The first-order valence-corrected chi connectivity index (χ1v) is 4.70. The molecule has 0 heterocycles. The Morgan fingerprint density at radius 3 is 2.28 bits per heavy atom. The van der Waals surface area contributed by atoms with Crippen molar-refractivity contribution in [2.45, 2.75) is 6.18 Å². The fraction of sp³-hybridized carbons (Fsp3) is 0.167. The highest BCUT2D eigenvalue weighted by atomic mass is 19.4. The topological polar surface area (TPSA) is 56.8 Å². The fourth-order valence-corrected chi connectivity index (χ4v) is 1.33. The number of methoxy groups -OCH3 is 1. The van der Waals surface area contributed by atoms with Crippen LogP contribution in [0.5, 0.6) is 0 Å². The Morgan fingerprint density at radius 2 is 1.83 bits per heavy atom. The van der Waals surface area contributed by atoms with Gasteiger partial charge in [-0.25, -0.2) is 0 Å². The van der Waals surface area contributed by atoms with Crippen LogP contribution < -0.4 is 0 Å². The van der Waals surface area contributed by atoms with E-state index >= 15 is 0 Å². The molecule has 1 aromatic carbocycles. The molecule has 0 aromatic heterocycles. The molecule has 0 unspecified atom stereocenters. The Kier molecular flexibility index (Phi) is 3.96. The summed E-state index contributed by atoms with van der Waals surface area (Å²) in [6.45, 7) is 0. The number of hydrogen-bond donors (Lipinski definition) is 0. The molecular formula is C12H7F3N2O. The zero-order chi connectivity index (χ0) is 13.8. The van der Waals surface area contributed by atoms with E-state index in [1.165, 1.54) is 19.2 Å². The molecule has 0 aliphatic rings. The highest BCUT2D eigenvalue weighted by Crippen LogP contribution is 2.31. The SMILES string of the molecule is COC(=C(C#N)C#N)c1cccc(C(F)(F)F)c1. The summed E-state index contributed by atoms with van der Waals surface area (Å²) in [5, 5.41) is 17.4. The van der Waals surface area contributed by atoms with Gasteiger partial charge in [-0.2, -0.15) is 23.7 Å². The maximum atomic E-state index is 12.5. The van der Waals surface area contributed by atoms with Crippen molar-refractivity contribution in [1.29, 1.82) is 10.5 Å². The Bertz CT molecular complexity index is 546. The van der Waals surface area contributed by atoms with Gasteiger partial charge in [0.15, 0.2) is 11.3 Å². The molecule has 6 heteroatoms. The Morgan fingerprint density at radius 1 is 1.22 bits per heavy atom. The van der Waals surface area contributed by atoms with Crippen LogP contribution in [0.3, 0.4) is 0 Å². The first-order valence-electron chi connectivity index (χ1n) is 4.70. The van der Waals surface area contributed by atoms with Crippen LogP contribution in [-0.2, 0) is 10.9 Å². The number of ether oxygens (including phenoxy) is 1. The standard InChI is InChI=1S/C12H7F3N2O/c1-18-11(9(6-16)7-17)8-3-2-4-10(5-8)12(13,14)15/h2-5H,1H3. The molecule has 0 atom stereocenters. The summed E-state index contributed by atoms with van der Waals surface area (Å²) in [4.78, 5) is 0. The second-order valence-electron chi connectivity index (χ2n) is 3.21. The van der Waals surface area contributed by atoms with Gasteiger partial charge in [0, 0.05) is 5.56 Å². The molecule has 1 rings (SSSR count). The first-order chi connectivity index (χ1) is 8.43. The lowest BCUT2D eigenvalue weighted by Crippen LogP contribution is -2.05. The van der Waals surface area contributed by atoms with Gasteiger partial charge in [0.05, 0.1) is 12.7 Å². The molecule has 0 aliphatic carbocycles. The van der Waals surface area contributed by atoms with Gasteiger partial charge in [0.1, 0.15) is 12.1 Å². The maximum absolute atomic E-state index is 12.5. The van der Waals surface area contributed by atoms with Crippen LogP contribution in [0.4, 0.5) is 13.2 Å². The fourth-order valence-electron chi connectivity index (χ4n) is 1.33. The molecule has 3 nitrogen and oxygen atoms in total. The molecule has 18 heavy (non-hydrogen) atoms. The number of nitrogens with zero attached hydrogens (tertiary/aromatic N) is 2. The predicted octanol–water partition coefficient (Wildman–Crippen LogP) is 3.11. The zero-order valence-electron chi connectivity index (χ0n) is 9.25. The Balaban J connectivity index is 3.40. The van der Waals surface area contributed by atoms with Gasteiger partial charge in [0.2, 0.25) is 0 Å². The second-order valence-corrected chi connectivity index (χ2v) is 3.21. The normalized spacial score (nSPS) is 10.1. The van der Waals surface area contributed by atoms with Crippen LogP contribution >= 0.6 is 0 Å². The largest absolute Gasteiger partial charge is 0.494 e. The highest BCUT2D eigenvalue weighted by Gasteiger charge is 2.30. The van der Waals surface area contributed by atoms with Crippen molar-refractivity contribution >= 4 is 5.76 Å². The number of nitriles is 2. The molecule has 92 valence electrons. The van der Waals surface area contributed by atoms with Crippen LogP contribution in [0.2, 0.25) is 0 Å². The van der Waals surface area contributed by atoms with Crippen molar-refractivity contribution in [3.8, 4) is 12.1 Å². The van der Waals surface area contributed by atoms with Crippen LogP contribution in [0.1, 0.15) is 11.1 Å². The molecule has 0 bridgehead atoms. The van der Waals surface area contributed by atoms with E-state index < -0.39 is 11.7 Å². The smallest absolute Gasteiger partial charge is 0.416 e. The Labute approximate surface area is 101 Å². The van der Waals surface area contributed by atoms with E-state index in [0.29, 0.717) is 0 Å². The second kappa shape index (κ2) is 5.24. The lowest BCUT2D eigenvalue weighted by molar-refractivity contribution is -0.137. The minimum Gasteiger partial charge on any atom is -0.494 e. The lowest BCUT2D eigenvalue weighted by Gasteiger charge is -2.10. The summed E-state index contributed by atoms with van der Waals surface area (Å²) in [5.74, 6) is -0.175. The van der Waals surface area contributed by atoms with E-state index in [0.717, 1.165) is 12.1 Å². The van der Waals surface area contributed by atoms with Crippen molar-refractivity contribution in [2.24, 2.45) is 0 Å². The third kappa shape index (κ3) is 2.80. The Hall–Kier alpha value is -2.47.